The molecule has 2 rings (SSSR count). The number of aryl methyl sites for hydroxylation is 1. The van der Waals surface area contributed by atoms with Gasteiger partial charge >= 0.3 is 0 Å². The van der Waals surface area contributed by atoms with E-state index in [2.05, 4.69) is 5.32 Å². The second-order valence-corrected chi connectivity index (χ2v) is 8.81. The number of carbonyl (C=O) groups excluding carboxylic acids is 2. The molecule has 0 aliphatic rings. The van der Waals surface area contributed by atoms with Crippen LogP contribution in [0.15, 0.2) is 36.4 Å². The van der Waals surface area contributed by atoms with Crippen LogP contribution in [0.4, 0.5) is 0 Å². The fourth-order valence-corrected chi connectivity index (χ4v) is 3.62. The van der Waals surface area contributed by atoms with Crippen LogP contribution in [0, 0.1) is 13.8 Å². The van der Waals surface area contributed by atoms with Crippen molar-refractivity contribution in [1.29, 1.82) is 0 Å². The molecule has 2 aromatic rings. The summed E-state index contributed by atoms with van der Waals surface area (Å²) in [6.45, 7) is 9.84. The summed E-state index contributed by atoms with van der Waals surface area (Å²) in [5.41, 5.74) is 2.86. The van der Waals surface area contributed by atoms with E-state index in [0.717, 1.165) is 23.1 Å². The van der Waals surface area contributed by atoms with Crippen LogP contribution in [0.25, 0.3) is 0 Å². The van der Waals surface area contributed by atoms with Gasteiger partial charge in [-0.3, -0.25) is 9.59 Å². The third-order valence-electron chi connectivity index (χ3n) is 5.63. The Labute approximate surface area is 201 Å². The first-order valence-electron chi connectivity index (χ1n) is 10.9. The van der Waals surface area contributed by atoms with E-state index in [1.807, 2.05) is 52.8 Å². The summed E-state index contributed by atoms with van der Waals surface area (Å²) in [4.78, 5) is 27.8. The van der Waals surface area contributed by atoms with Crippen molar-refractivity contribution >= 4 is 35.0 Å². The molecule has 0 saturated heterocycles. The second kappa shape index (κ2) is 12.1. The van der Waals surface area contributed by atoms with Crippen molar-refractivity contribution < 1.29 is 14.3 Å². The molecule has 32 heavy (non-hydrogen) atoms. The number of nitrogens with zero attached hydrogens (tertiary/aromatic N) is 1. The Balaban J connectivity index is 2.28. The quantitative estimate of drug-likeness (QED) is 0.475. The monoisotopic (exact) mass is 478 g/mol. The number of amides is 2. The predicted molar refractivity (Wildman–Crippen MR) is 130 cm³/mol. The zero-order valence-corrected chi connectivity index (χ0v) is 20.9. The number of rotatable bonds is 10. The van der Waals surface area contributed by atoms with Crippen molar-refractivity contribution in [2.45, 2.75) is 66.1 Å². The molecule has 0 saturated carbocycles. The van der Waals surface area contributed by atoms with Gasteiger partial charge in [0.15, 0.2) is 6.61 Å². The molecule has 5 nitrogen and oxygen atoms in total. The standard InChI is InChI=1S/C25H32Cl2N2O3/c1-6-17(4)28-25(31)22(7-2)29(14-19-11-12-20(26)21(27)13-19)24(30)15-32-23-10-8-9-16(3)18(23)5/h8-13,17,22H,6-7,14-15H2,1-5H3,(H,28,31). The van der Waals surface area contributed by atoms with Crippen LogP contribution in [-0.2, 0) is 16.1 Å². The molecule has 0 aromatic heterocycles. The van der Waals surface area contributed by atoms with E-state index < -0.39 is 6.04 Å². The zero-order chi connectivity index (χ0) is 23.8. The Hall–Kier alpha value is -2.24. The summed E-state index contributed by atoms with van der Waals surface area (Å²) in [5.74, 6) is 0.204. The summed E-state index contributed by atoms with van der Waals surface area (Å²) >= 11 is 12.2. The van der Waals surface area contributed by atoms with E-state index in [1.165, 1.54) is 0 Å². The number of hydrogen-bond acceptors (Lipinski definition) is 3. The van der Waals surface area contributed by atoms with E-state index >= 15 is 0 Å². The smallest absolute Gasteiger partial charge is 0.261 e. The molecule has 7 heteroatoms. The first-order chi connectivity index (χ1) is 15.2. The van der Waals surface area contributed by atoms with Gasteiger partial charge < -0.3 is 15.0 Å². The van der Waals surface area contributed by atoms with Crippen LogP contribution in [0.3, 0.4) is 0 Å². The van der Waals surface area contributed by atoms with Gasteiger partial charge in [-0.05, 0) is 68.5 Å². The highest BCUT2D eigenvalue weighted by Crippen LogP contribution is 2.25. The number of hydrogen-bond donors (Lipinski definition) is 1. The molecule has 0 heterocycles. The highest BCUT2D eigenvalue weighted by atomic mass is 35.5. The Bertz CT molecular complexity index is 949. The molecular formula is C25H32Cl2N2O3. The molecule has 0 spiro atoms. The zero-order valence-electron chi connectivity index (χ0n) is 19.4. The minimum absolute atomic E-state index is 0.0182. The summed E-state index contributed by atoms with van der Waals surface area (Å²) in [6.07, 6.45) is 1.28. The first-order valence-corrected chi connectivity index (χ1v) is 11.7. The van der Waals surface area contributed by atoms with Gasteiger partial charge in [-0.2, -0.15) is 0 Å². The predicted octanol–water partition coefficient (Wildman–Crippen LogP) is 5.71. The van der Waals surface area contributed by atoms with Crippen molar-refractivity contribution in [1.82, 2.24) is 10.2 Å². The highest BCUT2D eigenvalue weighted by molar-refractivity contribution is 6.42. The number of halogens is 2. The van der Waals surface area contributed by atoms with Gasteiger partial charge in [0.05, 0.1) is 10.0 Å². The first kappa shape index (κ1) is 26.0. The molecule has 1 N–H and O–H groups in total. The average molecular weight is 479 g/mol. The Morgan fingerprint density at radius 3 is 2.41 bits per heavy atom. The van der Waals surface area contributed by atoms with Crippen molar-refractivity contribution in [2.75, 3.05) is 6.61 Å². The fraction of sp³-hybridized carbons (Fsp3) is 0.440. The molecule has 2 unspecified atom stereocenters. The maximum atomic E-state index is 13.3. The largest absolute Gasteiger partial charge is 0.483 e. The molecule has 2 aromatic carbocycles. The van der Waals surface area contributed by atoms with E-state index in [1.54, 1.807) is 23.1 Å². The summed E-state index contributed by atoms with van der Waals surface area (Å²) in [5, 5.41) is 3.83. The molecule has 0 fully saturated rings. The third-order valence-corrected chi connectivity index (χ3v) is 6.37. The molecule has 0 radical (unpaired) electrons. The molecule has 2 atom stereocenters. The van der Waals surface area contributed by atoms with Crippen LogP contribution < -0.4 is 10.1 Å². The van der Waals surface area contributed by atoms with E-state index in [4.69, 9.17) is 27.9 Å². The normalized spacial score (nSPS) is 12.7. The van der Waals surface area contributed by atoms with Gasteiger partial charge in [-0.1, -0.05) is 55.2 Å². The lowest BCUT2D eigenvalue weighted by atomic mass is 10.1. The number of ether oxygens (including phenoxy) is 1. The second-order valence-electron chi connectivity index (χ2n) is 8.00. The van der Waals surface area contributed by atoms with Gasteiger partial charge in [0.25, 0.3) is 5.91 Å². The third kappa shape index (κ3) is 6.88. The lowest BCUT2D eigenvalue weighted by Gasteiger charge is -2.31. The molecule has 0 bridgehead atoms. The van der Waals surface area contributed by atoms with Crippen LogP contribution >= 0.6 is 23.2 Å². The van der Waals surface area contributed by atoms with E-state index in [-0.39, 0.29) is 31.0 Å². The van der Waals surface area contributed by atoms with Crippen LogP contribution in [-0.4, -0.2) is 35.4 Å². The summed E-state index contributed by atoms with van der Waals surface area (Å²) in [6, 6.07) is 10.3. The van der Waals surface area contributed by atoms with Gasteiger partial charge in [0, 0.05) is 12.6 Å². The SMILES string of the molecule is CCC(C)NC(=O)C(CC)N(Cc1ccc(Cl)c(Cl)c1)C(=O)COc1cccc(C)c1C. The molecule has 0 aliphatic carbocycles. The van der Waals surface area contributed by atoms with Crippen molar-refractivity contribution in [2.24, 2.45) is 0 Å². The van der Waals surface area contributed by atoms with Crippen LogP contribution in [0.2, 0.25) is 10.0 Å². The Kier molecular flexibility index (Phi) is 9.85. The molecule has 174 valence electrons. The van der Waals surface area contributed by atoms with Gasteiger partial charge in [0.2, 0.25) is 5.91 Å². The van der Waals surface area contributed by atoms with Crippen molar-refractivity contribution in [3.05, 3.63) is 63.1 Å². The van der Waals surface area contributed by atoms with Crippen LogP contribution in [0.5, 0.6) is 5.75 Å². The van der Waals surface area contributed by atoms with Crippen molar-refractivity contribution in [3.63, 3.8) is 0 Å². The minimum atomic E-state index is -0.631. The molecular weight excluding hydrogens is 447 g/mol. The fourth-order valence-electron chi connectivity index (χ4n) is 3.30. The summed E-state index contributed by atoms with van der Waals surface area (Å²) in [7, 11) is 0. The Morgan fingerprint density at radius 1 is 1.06 bits per heavy atom. The molecule has 2 amide bonds. The maximum absolute atomic E-state index is 13.3. The minimum Gasteiger partial charge on any atom is -0.483 e. The lowest BCUT2D eigenvalue weighted by molar-refractivity contribution is -0.143. The highest BCUT2D eigenvalue weighted by Gasteiger charge is 2.29. The number of carbonyl (C=O) groups is 2. The maximum Gasteiger partial charge on any atom is 0.261 e. The van der Waals surface area contributed by atoms with Gasteiger partial charge in [-0.25, -0.2) is 0 Å². The van der Waals surface area contributed by atoms with Crippen molar-refractivity contribution in [3.8, 4) is 5.75 Å². The summed E-state index contributed by atoms with van der Waals surface area (Å²) < 4.78 is 5.85. The lowest BCUT2D eigenvalue weighted by Crippen LogP contribution is -2.51. The van der Waals surface area contributed by atoms with Gasteiger partial charge in [-0.15, -0.1) is 0 Å². The van der Waals surface area contributed by atoms with E-state index in [9.17, 15) is 9.59 Å². The van der Waals surface area contributed by atoms with Gasteiger partial charge in [0.1, 0.15) is 11.8 Å². The topological polar surface area (TPSA) is 58.6 Å². The molecule has 0 aliphatic heterocycles. The average Bonchev–Trinajstić information content (AvgIpc) is 2.76. The Morgan fingerprint density at radius 2 is 1.78 bits per heavy atom. The van der Waals surface area contributed by atoms with E-state index in [0.29, 0.717) is 22.2 Å². The number of benzene rings is 2. The number of nitrogens with one attached hydrogen (secondary N) is 1. The van der Waals surface area contributed by atoms with Crippen LogP contribution in [0.1, 0.15) is 50.3 Å².